The van der Waals surface area contributed by atoms with Gasteiger partial charge < -0.3 is 10.0 Å². The van der Waals surface area contributed by atoms with Crippen molar-refractivity contribution in [2.45, 2.75) is 24.7 Å². The Balaban J connectivity index is 1.81. The fraction of sp³-hybridized carbons (Fsp3) is 0.533. The molecule has 3 rings (SSSR count). The third kappa shape index (κ3) is 2.15. The van der Waals surface area contributed by atoms with Gasteiger partial charge in [-0.3, -0.25) is 4.79 Å². The molecule has 2 unspecified atom stereocenters. The molecule has 0 aromatic heterocycles. The Morgan fingerprint density at radius 2 is 1.78 bits per heavy atom. The number of carbonyl (C=O) groups is 1. The highest BCUT2D eigenvalue weighted by Crippen LogP contribution is 2.41. The van der Waals surface area contributed by atoms with E-state index in [4.69, 9.17) is 0 Å². The maximum Gasteiger partial charge on any atom is 0.308 e. The SMILES string of the molecule is CN1CC(C(=O)O)C(c2ccc(C3CC3)cc2)C1. The molecule has 1 aromatic rings. The van der Waals surface area contributed by atoms with Gasteiger partial charge in [-0.15, -0.1) is 0 Å². The summed E-state index contributed by atoms with van der Waals surface area (Å²) in [5.41, 5.74) is 2.59. The lowest BCUT2D eigenvalue weighted by atomic mass is 9.88. The number of carboxylic acids is 1. The molecule has 18 heavy (non-hydrogen) atoms. The van der Waals surface area contributed by atoms with Crippen molar-refractivity contribution in [1.29, 1.82) is 0 Å². The van der Waals surface area contributed by atoms with Gasteiger partial charge in [-0.2, -0.15) is 0 Å². The Labute approximate surface area is 107 Å². The summed E-state index contributed by atoms with van der Waals surface area (Å²) in [6.07, 6.45) is 2.62. The highest BCUT2D eigenvalue weighted by molar-refractivity contribution is 5.72. The number of likely N-dealkylation sites (N-methyl/N-ethyl adjacent to an activating group) is 1. The quantitative estimate of drug-likeness (QED) is 0.888. The maximum atomic E-state index is 11.3. The van der Waals surface area contributed by atoms with Crippen LogP contribution in [0, 0.1) is 5.92 Å². The van der Waals surface area contributed by atoms with E-state index in [0.717, 1.165) is 12.5 Å². The smallest absolute Gasteiger partial charge is 0.308 e. The van der Waals surface area contributed by atoms with Crippen LogP contribution < -0.4 is 0 Å². The summed E-state index contributed by atoms with van der Waals surface area (Å²) in [4.78, 5) is 13.4. The average Bonchev–Trinajstić information content (AvgIpc) is 3.12. The van der Waals surface area contributed by atoms with E-state index in [1.165, 1.54) is 24.0 Å². The van der Waals surface area contributed by atoms with Gasteiger partial charge >= 0.3 is 5.97 Å². The highest BCUT2D eigenvalue weighted by atomic mass is 16.4. The molecular formula is C15H19NO2. The van der Waals surface area contributed by atoms with Crippen molar-refractivity contribution in [3.05, 3.63) is 35.4 Å². The van der Waals surface area contributed by atoms with Gasteiger partial charge in [0, 0.05) is 19.0 Å². The molecule has 3 nitrogen and oxygen atoms in total. The standard InChI is InChI=1S/C15H19NO2/c1-16-8-13(14(9-16)15(17)18)12-6-4-11(5-7-12)10-2-3-10/h4-7,10,13-14H,2-3,8-9H2,1H3,(H,17,18). The molecule has 0 amide bonds. The van der Waals surface area contributed by atoms with Crippen molar-refractivity contribution in [3.63, 3.8) is 0 Å². The zero-order valence-electron chi connectivity index (χ0n) is 10.7. The summed E-state index contributed by atoms with van der Waals surface area (Å²) in [6, 6.07) is 8.63. The molecule has 2 fully saturated rings. The monoisotopic (exact) mass is 245 g/mol. The van der Waals surface area contributed by atoms with E-state index in [-0.39, 0.29) is 11.8 Å². The summed E-state index contributed by atoms with van der Waals surface area (Å²) in [7, 11) is 1.99. The number of rotatable bonds is 3. The first-order valence-electron chi connectivity index (χ1n) is 6.66. The van der Waals surface area contributed by atoms with Gasteiger partial charge in [-0.1, -0.05) is 24.3 Å². The van der Waals surface area contributed by atoms with Gasteiger partial charge in [0.15, 0.2) is 0 Å². The predicted molar refractivity (Wildman–Crippen MR) is 69.8 cm³/mol. The van der Waals surface area contributed by atoms with Crippen LogP contribution in [0.25, 0.3) is 0 Å². The average molecular weight is 245 g/mol. The minimum absolute atomic E-state index is 0.140. The van der Waals surface area contributed by atoms with Crippen molar-refractivity contribution in [2.24, 2.45) is 5.92 Å². The van der Waals surface area contributed by atoms with E-state index in [1.807, 2.05) is 7.05 Å². The molecule has 1 aliphatic heterocycles. The number of benzene rings is 1. The lowest BCUT2D eigenvalue weighted by molar-refractivity contribution is -0.141. The van der Waals surface area contributed by atoms with Crippen LogP contribution in [0.4, 0.5) is 0 Å². The second-order valence-electron chi connectivity index (χ2n) is 5.71. The Morgan fingerprint density at radius 1 is 1.17 bits per heavy atom. The zero-order valence-corrected chi connectivity index (χ0v) is 10.7. The van der Waals surface area contributed by atoms with E-state index in [9.17, 15) is 9.90 Å². The first kappa shape index (κ1) is 11.7. The lowest BCUT2D eigenvalue weighted by Crippen LogP contribution is -2.21. The molecule has 2 aliphatic rings. The van der Waals surface area contributed by atoms with Crippen molar-refractivity contribution in [2.75, 3.05) is 20.1 Å². The van der Waals surface area contributed by atoms with Gasteiger partial charge in [0.1, 0.15) is 0 Å². The Hall–Kier alpha value is -1.35. The number of aliphatic carboxylic acids is 1. The van der Waals surface area contributed by atoms with E-state index in [1.54, 1.807) is 0 Å². The van der Waals surface area contributed by atoms with Crippen molar-refractivity contribution in [3.8, 4) is 0 Å². The molecule has 1 saturated carbocycles. The van der Waals surface area contributed by atoms with Crippen LogP contribution in [0.3, 0.4) is 0 Å². The van der Waals surface area contributed by atoms with Crippen LogP contribution in [-0.2, 0) is 4.79 Å². The molecule has 0 bridgehead atoms. The van der Waals surface area contributed by atoms with Gasteiger partial charge in [0.25, 0.3) is 0 Å². The Kier molecular flexibility index (Phi) is 2.86. The number of likely N-dealkylation sites (tertiary alicyclic amines) is 1. The molecule has 1 heterocycles. The first-order chi connectivity index (χ1) is 8.65. The number of hydrogen-bond donors (Lipinski definition) is 1. The summed E-state index contributed by atoms with van der Waals surface area (Å²) in [5, 5.41) is 9.29. The van der Waals surface area contributed by atoms with Gasteiger partial charge in [0.2, 0.25) is 0 Å². The zero-order chi connectivity index (χ0) is 12.7. The molecule has 1 N–H and O–H groups in total. The minimum Gasteiger partial charge on any atom is -0.481 e. The first-order valence-corrected chi connectivity index (χ1v) is 6.66. The lowest BCUT2D eigenvalue weighted by Gasteiger charge is -2.15. The maximum absolute atomic E-state index is 11.3. The summed E-state index contributed by atoms with van der Waals surface area (Å²) >= 11 is 0. The molecule has 0 radical (unpaired) electrons. The molecule has 1 aromatic carbocycles. The number of hydrogen-bond acceptors (Lipinski definition) is 2. The van der Waals surface area contributed by atoms with E-state index in [0.29, 0.717) is 6.54 Å². The summed E-state index contributed by atoms with van der Waals surface area (Å²) in [6.45, 7) is 1.50. The molecule has 3 heteroatoms. The fourth-order valence-corrected chi connectivity index (χ4v) is 3.02. The van der Waals surface area contributed by atoms with Crippen LogP contribution >= 0.6 is 0 Å². The Bertz CT molecular complexity index is 450. The Morgan fingerprint density at radius 3 is 2.33 bits per heavy atom. The molecule has 1 aliphatic carbocycles. The van der Waals surface area contributed by atoms with Gasteiger partial charge in [0.05, 0.1) is 5.92 Å². The van der Waals surface area contributed by atoms with E-state index in [2.05, 4.69) is 29.2 Å². The van der Waals surface area contributed by atoms with Crippen molar-refractivity contribution < 1.29 is 9.90 Å². The van der Waals surface area contributed by atoms with E-state index >= 15 is 0 Å². The summed E-state index contributed by atoms with van der Waals surface area (Å²) < 4.78 is 0. The predicted octanol–water partition coefficient (Wildman–Crippen LogP) is 2.29. The second kappa shape index (κ2) is 4.39. The fourth-order valence-electron chi connectivity index (χ4n) is 3.02. The summed E-state index contributed by atoms with van der Waals surface area (Å²) in [5.74, 6) is -0.0290. The van der Waals surface area contributed by atoms with Crippen LogP contribution in [0.15, 0.2) is 24.3 Å². The van der Waals surface area contributed by atoms with Crippen LogP contribution in [-0.4, -0.2) is 36.1 Å². The largest absolute Gasteiger partial charge is 0.481 e. The van der Waals surface area contributed by atoms with Gasteiger partial charge in [-0.05, 0) is 36.9 Å². The van der Waals surface area contributed by atoms with E-state index < -0.39 is 5.97 Å². The molecule has 2 atom stereocenters. The van der Waals surface area contributed by atoms with Crippen molar-refractivity contribution in [1.82, 2.24) is 4.90 Å². The van der Waals surface area contributed by atoms with Crippen LogP contribution in [0.5, 0.6) is 0 Å². The van der Waals surface area contributed by atoms with Crippen LogP contribution in [0.1, 0.15) is 35.8 Å². The molecule has 1 saturated heterocycles. The second-order valence-corrected chi connectivity index (χ2v) is 5.71. The minimum atomic E-state index is -0.671. The van der Waals surface area contributed by atoms with Crippen molar-refractivity contribution >= 4 is 5.97 Å². The number of carboxylic acid groups (broad SMARTS) is 1. The molecular weight excluding hydrogens is 226 g/mol. The molecule has 0 spiro atoms. The highest BCUT2D eigenvalue weighted by Gasteiger charge is 2.37. The third-order valence-corrected chi connectivity index (χ3v) is 4.23. The topological polar surface area (TPSA) is 40.5 Å². The van der Waals surface area contributed by atoms with Crippen LogP contribution in [0.2, 0.25) is 0 Å². The number of nitrogens with zero attached hydrogens (tertiary/aromatic N) is 1. The van der Waals surface area contributed by atoms with Gasteiger partial charge in [-0.25, -0.2) is 0 Å². The normalized spacial score (nSPS) is 28.5. The molecule has 96 valence electrons. The third-order valence-electron chi connectivity index (χ3n) is 4.23.